The third kappa shape index (κ3) is 5.01. The standard InChI is InChI=1S/C15H23N3O2/c1-4-11(2)17-15(20)12-7-5-6-8-13(12)18-14(19)9-10-16-3/h5-8,11,16H,4,9-10H2,1-3H3,(H,17,20)(H,18,19). The Morgan fingerprint density at radius 3 is 2.60 bits per heavy atom. The maximum Gasteiger partial charge on any atom is 0.253 e. The Balaban J connectivity index is 2.77. The molecule has 0 aliphatic rings. The lowest BCUT2D eigenvalue weighted by molar-refractivity contribution is -0.116. The van der Waals surface area contributed by atoms with Gasteiger partial charge in [-0.05, 0) is 32.5 Å². The molecule has 1 aromatic carbocycles. The minimum Gasteiger partial charge on any atom is -0.350 e. The fourth-order valence-corrected chi connectivity index (χ4v) is 1.64. The van der Waals surface area contributed by atoms with Crippen LogP contribution < -0.4 is 16.0 Å². The van der Waals surface area contributed by atoms with E-state index in [0.29, 0.717) is 24.2 Å². The van der Waals surface area contributed by atoms with Crippen LogP contribution in [-0.4, -0.2) is 31.4 Å². The average Bonchev–Trinajstić information content (AvgIpc) is 2.45. The molecule has 0 aromatic heterocycles. The van der Waals surface area contributed by atoms with Crippen molar-refractivity contribution in [2.45, 2.75) is 32.7 Å². The lowest BCUT2D eigenvalue weighted by Crippen LogP contribution is -2.32. The molecular formula is C15H23N3O2. The van der Waals surface area contributed by atoms with Crippen LogP contribution in [-0.2, 0) is 4.79 Å². The van der Waals surface area contributed by atoms with E-state index in [-0.39, 0.29) is 17.9 Å². The molecular weight excluding hydrogens is 254 g/mol. The van der Waals surface area contributed by atoms with Crippen LogP contribution in [0.25, 0.3) is 0 Å². The van der Waals surface area contributed by atoms with Gasteiger partial charge < -0.3 is 16.0 Å². The van der Waals surface area contributed by atoms with Crippen molar-refractivity contribution in [2.75, 3.05) is 18.9 Å². The van der Waals surface area contributed by atoms with E-state index >= 15 is 0 Å². The molecule has 5 heteroatoms. The zero-order chi connectivity index (χ0) is 15.0. The van der Waals surface area contributed by atoms with Gasteiger partial charge in [-0.2, -0.15) is 0 Å². The van der Waals surface area contributed by atoms with E-state index in [1.807, 2.05) is 13.8 Å². The molecule has 1 rings (SSSR count). The van der Waals surface area contributed by atoms with Gasteiger partial charge in [-0.1, -0.05) is 19.1 Å². The number of carbonyl (C=O) groups is 2. The predicted molar refractivity (Wildman–Crippen MR) is 80.8 cm³/mol. The van der Waals surface area contributed by atoms with Crippen molar-refractivity contribution in [1.29, 1.82) is 0 Å². The monoisotopic (exact) mass is 277 g/mol. The van der Waals surface area contributed by atoms with Crippen LogP contribution in [0.3, 0.4) is 0 Å². The van der Waals surface area contributed by atoms with Crippen molar-refractivity contribution in [3.05, 3.63) is 29.8 Å². The Bertz CT molecular complexity index is 460. The molecule has 20 heavy (non-hydrogen) atoms. The van der Waals surface area contributed by atoms with Gasteiger partial charge in [-0.25, -0.2) is 0 Å². The van der Waals surface area contributed by atoms with Crippen molar-refractivity contribution in [1.82, 2.24) is 10.6 Å². The molecule has 0 aliphatic heterocycles. The van der Waals surface area contributed by atoms with Gasteiger partial charge in [0.25, 0.3) is 5.91 Å². The maximum atomic E-state index is 12.2. The number of amides is 2. The third-order valence-electron chi connectivity index (χ3n) is 3.04. The summed E-state index contributed by atoms with van der Waals surface area (Å²) in [5.41, 5.74) is 1.04. The molecule has 5 nitrogen and oxygen atoms in total. The highest BCUT2D eigenvalue weighted by Gasteiger charge is 2.14. The highest BCUT2D eigenvalue weighted by molar-refractivity contribution is 6.03. The van der Waals surface area contributed by atoms with Gasteiger partial charge in [0, 0.05) is 19.0 Å². The number of benzene rings is 1. The summed E-state index contributed by atoms with van der Waals surface area (Å²) in [6, 6.07) is 7.15. The number of rotatable bonds is 7. The predicted octanol–water partition coefficient (Wildman–Crippen LogP) is 1.76. The summed E-state index contributed by atoms with van der Waals surface area (Å²) < 4.78 is 0. The lowest BCUT2D eigenvalue weighted by atomic mass is 10.1. The van der Waals surface area contributed by atoms with Crippen LogP contribution in [0.15, 0.2) is 24.3 Å². The molecule has 0 spiro atoms. The number of carbonyl (C=O) groups excluding carboxylic acids is 2. The summed E-state index contributed by atoms with van der Waals surface area (Å²) in [6.45, 7) is 4.56. The molecule has 110 valence electrons. The van der Waals surface area contributed by atoms with E-state index in [2.05, 4.69) is 16.0 Å². The van der Waals surface area contributed by atoms with Gasteiger partial charge in [0.2, 0.25) is 5.91 Å². The smallest absolute Gasteiger partial charge is 0.253 e. The number of hydrogen-bond acceptors (Lipinski definition) is 3. The fraction of sp³-hybridized carbons (Fsp3) is 0.467. The zero-order valence-electron chi connectivity index (χ0n) is 12.3. The molecule has 3 N–H and O–H groups in total. The van der Waals surface area contributed by atoms with E-state index in [1.165, 1.54) is 0 Å². The first kappa shape index (κ1) is 16.2. The summed E-state index contributed by atoms with van der Waals surface area (Å²) >= 11 is 0. The second kappa shape index (κ2) is 8.32. The first-order valence-electron chi connectivity index (χ1n) is 6.92. The average molecular weight is 277 g/mol. The fourth-order valence-electron chi connectivity index (χ4n) is 1.64. The highest BCUT2D eigenvalue weighted by Crippen LogP contribution is 2.15. The number of para-hydroxylation sites is 1. The van der Waals surface area contributed by atoms with E-state index in [4.69, 9.17) is 0 Å². The van der Waals surface area contributed by atoms with Crippen LogP contribution in [0, 0.1) is 0 Å². The van der Waals surface area contributed by atoms with E-state index < -0.39 is 0 Å². The lowest BCUT2D eigenvalue weighted by Gasteiger charge is -2.14. The molecule has 0 aliphatic carbocycles. The van der Waals surface area contributed by atoms with Gasteiger partial charge >= 0.3 is 0 Å². The molecule has 2 amide bonds. The van der Waals surface area contributed by atoms with Crippen LogP contribution in [0.1, 0.15) is 37.0 Å². The van der Waals surface area contributed by atoms with Crippen molar-refractivity contribution in [3.63, 3.8) is 0 Å². The van der Waals surface area contributed by atoms with Crippen molar-refractivity contribution in [2.24, 2.45) is 0 Å². The number of anilines is 1. The Hall–Kier alpha value is -1.88. The molecule has 0 radical (unpaired) electrons. The van der Waals surface area contributed by atoms with Gasteiger partial charge in [-0.3, -0.25) is 9.59 Å². The summed E-state index contributed by atoms with van der Waals surface area (Å²) in [6.07, 6.45) is 1.24. The minimum absolute atomic E-state index is 0.107. The Morgan fingerprint density at radius 1 is 1.25 bits per heavy atom. The summed E-state index contributed by atoms with van der Waals surface area (Å²) in [5, 5.41) is 8.59. The molecule has 0 saturated carbocycles. The second-order valence-corrected chi connectivity index (χ2v) is 4.73. The van der Waals surface area contributed by atoms with Crippen molar-refractivity contribution >= 4 is 17.5 Å². The SMILES string of the molecule is CCC(C)NC(=O)c1ccccc1NC(=O)CCNC. The van der Waals surface area contributed by atoms with Crippen LogP contribution in [0.2, 0.25) is 0 Å². The number of nitrogens with one attached hydrogen (secondary N) is 3. The molecule has 0 heterocycles. The summed E-state index contributed by atoms with van der Waals surface area (Å²) in [5.74, 6) is -0.271. The summed E-state index contributed by atoms with van der Waals surface area (Å²) in [7, 11) is 1.79. The molecule has 1 aromatic rings. The topological polar surface area (TPSA) is 70.2 Å². The largest absolute Gasteiger partial charge is 0.350 e. The van der Waals surface area contributed by atoms with Crippen molar-refractivity contribution in [3.8, 4) is 0 Å². The maximum absolute atomic E-state index is 12.2. The van der Waals surface area contributed by atoms with E-state index in [0.717, 1.165) is 6.42 Å². The van der Waals surface area contributed by atoms with Gasteiger partial charge in [-0.15, -0.1) is 0 Å². The number of hydrogen-bond donors (Lipinski definition) is 3. The quantitative estimate of drug-likeness (QED) is 0.711. The van der Waals surface area contributed by atoms with Crippen LogP contribution >= 0.6 is 0 Å². The van der Waals surface area contributed by atoms with Gasteiger partial charge in [0.15, 0.2) is 0 Å². The van der Waals surface area contributed by atoms with Crippen LogP contribution in [0.5, 0.6) is 0 Å². The Morgan fingerprint density at radius 2 is 1.95 bits per heavy atom. The third-order valence-corrected chi connectivity index (χ3v) is 3.04. The first-order valence-corrected chi connectivity index (χ1v) is 6.92. The summed E-state index contributed by atoms with van der Waals surface area (Å²) in [4.78, 5) is 23.9. The molecule has 0 fully saturated rings. The van der Waals surface area contributed by atoms with Crippen LogP contribution in [0.4, 0.5) is 5.69 Å². The molecule has 1 unspecified atom stereocenters. The highest BCUT2D eigenvalue weighted by atomic mass is 16.2. The van der Waals surface area contributed by atoms with Gasteiger partial charge in [0.05, 0.1) is 11.3 Å². The van der Waals surface area contributed by atoms with E-state index in [1.54, 1.807) is 31.3 Å². The van der Waals surface area contributed by atoms with E-state index in [9.17, 15) is 9.59 Å². The molecule has 0 saturated heterocycles. The second-order valence-electron chi connectivity index (χ2n) is 4.73. The Kier molecular flexibility index (Phi) is 6.73. The van der Waals surface area contributed by atoms with Gasteiger partial charge in [0.1, 0.15) is 0 Å². The zero-order valence-corrected chi connectivity index (χ0v) is 12.3. The molecule has 1 atom stereocenters. The first-order chi connectivity index (χ1) is 9.58. The van der Waals surface area contributed by atoms with Crippen molar-refractivity contribution < 1.29 is 9.59 Å². The molecule has 0 bridgehead atoms. The minimum atomic E-state index is -0.163. The normalized spacial score (nSPS) is 11.8. The Labute approximate surface area is 120 Å².